The fraction of sp³-hybridized carbons (Fsp3) is 0.562. The van der Waals surface area contributed by atoms with Crippen LogP contribution in [0, 0.1) is 5.92 Å². The Morgan fingerprint density at radius 1 is 1.26 bits per heavy atom. The molecule has 0 saturated heterocycles. The molecular formula is C16H21N5O2. The lowest BCUT2D eigenvalue weighted by molar-refractivity contribution is 0.0392. The predicted molar refractivity (Wildman–Crippen MR) is 84.3 cm³/mol. The summed E-state index contributed by atoms with van der Waals surface area (Å²) in [6, 6.07) is 3.92. The van der Waals surface area contributed by atoms with Crippen LogP contribution >= 0.6 is 0 Å². The molecule has 1 saturated carbocycles. The summed E-state index contributed by atoms with van der Waals surface area (Å²) in [6.07, 6.45) is 6.09. The molecule has 1 fully saturated rings. The number of fused-ring (bicyclic) bond motifs is 1. The Balaban J connectivity index is 1.56. The molecule has 2 aromatic rings. The summed E-state index contributed by atoms with van der Waals surface area (Å²) in [7, 11) is 1.62. The highest BCUT2D eigenvalue weighted by molar-refractivity contribution is 5.41. The number of aromatic nitrogens is 4. The molecule has 0 aromatic carbocycles. The average Bonchev–Trinajstić information content (AvgIpc) is 3.35. The van der Waals surface area contributed by atoms with Crippen LogP contribution in [0.1, 0.15) is 18.5 Å². The van der Waals surface area contributed by atoms with E-state index in [1.807, 2.05) is 16.9 Å². The molecule has 1 aliphatic carbocycles. The highest BCUT2D eigenvalue weighted by atomic mass is 16.5. The number of hydrogen-bond acceptors (Lipinski definition) is 6. The largest absolute Gasteiger partial charge is 0.481 e. The topological polar surface area (TPSA) is 65.3 Å². The molecule has 7 nitrogen and oxygen atoms in total. The van der Waals surface area contributed by atoms with Gasteiger partial charge in [0.05, 0.1) is 32.0 Å². The van der Waals surface area contributed by atoms with Crippen molar-refractivity contribution in [2.45, 2.75) is 32.0 Å². The standard InChI is InChI=1S/C16H21N5O2/c1-22-16-6-15(17-11-18-16)20-7-13-4-5-19-21(13)9-14(8-20)23-10-12-2-3-12/h4-6,11-12,14H,2-3,7-10H2,1H3/t14-/m0/s1. The molecule has 0 unspecified atom stereocenters. The zero-order valence-corrected chi connectivity index (χ0v) is 13.3. The van der Waals surface area contributed by atoms with Crippen LogP contribution < -0.4 is 9.64 Å². The summed E-state index contributed by atoms with van der Waals surface area (Å²) >= 11 is 0. The van der Waals surface area contributed by atoms with Crippen molar-refractivity contribution in [2.24, 2.45) is 5.92 Å². The van der Waals surface area contributed by atoms with Crippen LogP contribution in [0.25, 0.3) is 0 Å². The second kappa shape index (κ2) is 6.16. The molecule has 2 aliphatic rings. The Labute approximate surface area is 135 Å². The van der Waals surface area contributed by atoms with E-state index < -0.39 is 0 Å². The van der Waals surface area contributed by atoms with Crippen LogP contribution in [-0.2, 0) is 17.8 Å². The van der Waals surface area contributed by atoms with E-state index in [1.54, 1.807) is 7.11 Å². The minimum Gasteiger partial charge on any atom is -0.481 e. The smallest absolute Gasteiger partial charge is 0.218 e. The predicted octanol–water partition coefficient (Wildman–Crippen LogP) is 1.50. The first-order valence-electron chi connectivity index (χ1n) is 8.05. The van der Waals surface area contributed by atoms with Crippen LogP contribution in [0.15, 0.2) is 24.7 Å². The monoisotopic (exact) mass is 315 g/mol. The molecule has 3 heterocycles. The van der Waals surface area contributed by atoms with Crippen LogP contribution in [-0.4, -0.2) is 46.1 Å². The second-order valence-corrected chi connectivity index (χ2v) is 6.20. The summed E-state index contributed by atoms with van der Waals surface area (Å²) in [5, 5.41) is 4.42. The maximum Gasteiger partial charge on any atom is 0.218 e. The van der Waals surface area contributed by atoms with Crippen molar-refractivity contribution >= 4 is 5.82 Å². The minimum atomic E-state index is 0.109. The van der Waals surface area contributed by atoms with Gasteiger partial charge in [-0.1, -0.05) is 0 Å². The summed E-state index contributed by atoms with van der Waals surface area (Å²) in [5.74, 6) is 2.18. The maximum atomic E-state index is 6.14. The van der Waals surface area contributed by atoms with Crippen LogP contribution in [0.3, 0.4) is 0 Å². The lowest BCUT2D eigenvalue weighted by atomic mass is 10.3. The Kier molecular flexibility index (Phi) is 3.87. The van der Waals surface area contributed by atoms with Crippen molar-refractivity contribution in [3.63, 3.8) is 0 Å². The molecular weight excluding hydrogens is 294 g/mol. The maximum absolute atomic E-state index is 6.14. The summed E-state index contributed by atoms with van der Waals surface area (Å²) in [4.78, 5) is 10.7. The minimum absolute atomic E-state index is 0.109. The molecule has 4 rings (SSSR count). The van der Waals surface area contributed by atoms with Gasteiger partial charge in [0.1, 0.15) is 12.1 Å². The van der Waals surface area contributed by atoms with Gasteiger partial charge in [0.2, 0.25) is 5.88 Å². The van der Waals surface area contributed by atoms with Crippen molar-refractivity contribution in [3.05, 3.63) is 30.4 Å². The Morgan fingerprint density at radius 2 is 2.17 bits per heavy atom. The third-order valence-electron chi connectivity index (χ3n) is 4.38. The molecule has 1 aliphatic heterocycles. The third-order valence-corrected chi connectivity index (χ3v) is 4.38. The van der Waals surface area contributed by atoms with Crippen molar-refractivity contribution in [1.29, 1.82) is 0 Å². The third kappa shape index (κ3) is 3.29. The fourth-order valence-electron chi connectivity index (χ4n) is 2.87. The van der Waals surface area contributed by atoms with E-state index in [2.05, 4.69) is 26.0 Å². The molecule has 0 N–H and O–H groups in total. The summed E-state index contributed by atoms with van der Waals surface area (Å²) in [5.41, 5.74) is 1.17. The van der Waals surface area contributed by atoms with Gasteiger partial charge in [0, 0.05) is 25.4 Å². The lowest BCUT2D eigenvalue weighted by Gasteiger charge is -2.25. The van der Waals surface area contributed by atoms with Crippen molar-refractivity contribution in [3.8, 4) is 5.88 Å². The van der Waals surface area contributed by atoms with E-state index in [1.165, 1.54) is 24.9 Å². The Morgan fingerprint density at radius 3 is 3.00 bits per heavy atom. The first kappa shape index (κ1) is 14.4. The molecule has 0 amide bonds. The van der Waals surface area contributed by atoms with Crippen LogP contribution in [0.4, 0.5) is 5.82 Å². The van der Waals surface area contributed by atoms with E-state index in [0.717, 1.165) is 38.0 Å². The summed E-state index contributed by atoms with van der Waals surface area (Å²) in [6.45, 7) is 3.18. The zero-order chi connectivity index (χ0) is 15.6. The lowest BCUT2D eigenvalue weighted by Crippen LogP contribution is -2.34. The highest BCUT2D eigenvalue weighted by Crippen LogP contribution is 2.30. The van der Waals surface area contributed by atoms with E-state index in [9.17, 15) is 0 Å². The van der Waals surface area contributed by atoms with Crippen molar-refractivity contribution < 1.29 is 9.47 Å². The van der Waals surface area contributed by atoms with Gasteiger partial charge in [-0.2, -0.15) is 5.10 Å². The van der Waals surface area contributed by atoms with Crippen LogP contribution in [0.2, 0.25) is 0 Å². The molecule has 0 radical (unpaired) electrons. The molecule has 2 aromatic heterocycles. The number of ether oxygens (including phenoxy) is 2. The van der Waals surface area contributed by atoms with Crippen LogP contribution in [0.5, 0.6) is 5.88 Å². The Bertz CT molecular complexity index is 670. The zero-order valence-electron chi connectivity index (χ0n) is 13.3. The second-order valence-electron chi connectivity index (χ2n) is 6.20. The Hall–Kier alpha value is -2.15. The number of anilines is 1. The quantitative estimate of drug-likeness (QED) is 0.833. The van der Waals surface area contributed by atoms with Gasteiger partial charge in [-0.15, -0.1) is 0 Å². The van der Waals surface area contributed by atoms with Gasteiger partial charge < -0.3 is 14.4 Å². The van der Waals surface area contributed by atoms with Gasteiger partial charge >= 0.3 is 0 Å². The first-order chi connectivity index (χ1) is 11.3. The average molecular weight is 315 g/mol. The van der Waals surface area contributed by atoms with E-state index >= 15 is 0 Å². The van der Waals surface area contributed by atoms with Crippen molar-refractivity contribution in [1.82, 2.24) is 19.7 Å². The van der Waals surface area contributed by atoms with Crippen molar-refractivity contribution in [2.75, 3.05) is 25.2 Å². The SMILES string of the molecule is COc1cc(N2Cc3ccnn3C[C@@H](OCC3CC3)C2)ncn1. The number of nitrogens with zero attached hydrogens (tertiary/aromatic N) is 5. The number of rotatable bonds is 5. The normalized spacial score (nSPS) is 20.9. The van der Waals surface area contributed by atoms with Gasteiger partial charge in [0.25, 0.3) is 0 Å². The van der Waals surface area contributed by atoms with E-state index in [0.29, 0.717) is 5.88 Å². The van der Waals surface area contributed by atoms with Gasteiger partial charge in [0.15, 0.2) is 0 Å². The summed E-state index contributed by atoms with van der Waals surface area (Å²) < 4.78 is 13.4. The van der Waals surface area contributed by atoms with E-state index in [-0.39, 0.29) is 6.10 Å². The van der Waals surface area contributed by atoms with E-state index in [4.69, 9.17) is 9.47 Å². The van der Waals surface area contributed by atoms with Gasteiger partial charge in [-0.3, -0.25) is 4.68 Å². The molecule has 7 heteroatoms. The van der Waals surface area contributed by atoms with Gasteiger partial charge in [-0.05, 0) is 24.8 Å². The molecule has 1 atom stereocenters. The molecule has 122 valence electrons. The highest BCUT2D eigenvalue weighted by Gasteiger charge is 2.27. The fourth-order valence-corrected chi connectivity index (χ4v) is 2.87. The molecule has 0 bridgehead atoms. The number of hydrogen-bond donors (Lipinski definition) is 0. The molecule has 23 heavy (non-hydrogen) atoms. The van der Waals surface area contributed by atoms with Gasteiger partial charge in [-0.25, -0.2) is 9.97 Å². The number of methoxy groups -OCH3 is 1. The molecule has 0 spiro atoms. The first-order valence-corrected chi connectivity index (χ1v) is 8.05.